The van der Waals surface area contributed by atoms with Crippen LogP contribution in [0.3, 0.4) is 0 Å². The maximum Gasteiger partial charge on any atom is 0.416 e. The van der Waals surface area contributed by atoms with Crippen molar-refractivity contribution in [2.45, 2.75) is 12.4 Å². The lowest BCUT2D eigenvalue weighted by Gasteiger charge is -2.31. The minimum absolute atomic E-state index is 0.0500. The number of thiazole rings is 2. The van der Waals surface area contributed by atoms with Crippen molar-refractivity contribution in [3.63, 3.8) is 0 Å². The number of aromatic nitrogens is 2. The second-order valence-corrected chi connectivity index (χ2v) is 16.2. The van der Waals surface area contributed by atoms with Gasteiger partial charge in [-0.1, -0.05) is 59.6 Å². The van der Waals surface area contributed by atoms with Crippen molar-refractivity contribution in [3.05, 3.63) is 129 Å². The van der Waals surface area contributed by atoms with E-state index in [9.17, 15) is 35.9 Å². The van der Waals surface area contributed by atoms with Crippen LogP contribution in [0.2, 0.25) is 10.0 Å². The van der Waals surface area contributed by atoms with Crippen LogP contribution in [-0.4, -0.2) is 66.8 Å². The van der Waals surface area contributed by atoms with Crippen LogP contribution >= 0.6 is 45.9 Å². The van der Waals surface area contributed by atoms with Crippen LogP contribution in [0, 0.1) is 0 Å². The fourth-order valence-electron chi connectivity index (χ4n) is 5.77. The van der Waals surface area contributed by atoms with Gasteiger partial charge >= 0.3 is 24.4 Å². The third-order valence-corrected chi connectivity index (χ3v) is 11.0. The molecule has 59 heavy (non-hydrogen) atoms. The number of likely N-dealkylation sites (N-methyl/N-ethyl adjacent to an activating group) is 1. The van der Waals surface area contributed by atoms with E-state index < -0.39 is 35.5 Å². The van der Waals surface area contributed by atoms with Gasteiger partial charge in [-0.3, -0.25) is 0 Å². The SMILES string of the molecule is C[N+](C)(CCNC(=O)N(c1cccc(C(F)(F)F)c1)c1nc(-c2cccc(Cl)c2)cs1)CCNC(=O)N(c1cccc(C(F)(F)F)c1)c1nc(-c2cccc(Cl)c2)cs1. The number of nitrogens with one attached hydrogen (secondary N) is 2. The Morgan fingerprint density at radius 3 is 1.39 bits per heavy atom. The summed E-state index contributed by atoms with van der Waals surface area (Å²) in [6.07, 6.45) is -9.32. The average Bonchev–Trinajstić information content (AvgIpc) is 3.86. The van der Waals surface area contributed by atoms with Crippen molar-refractivity contribution in [1.29, 1.82) is 0 Å². The maximum atomic E-state index is 13.8. The third kappa shape index (κ3) is 11.1. The summed E-state index contributed by atoms with van der Waals surface area (Å²) in [5, 5.41) is 10.1. The number of urea groups is 2. The van der Waals surface area contributed by atoms with E-state index >= 15 is 0 Å². The molecule has 2 aromatic heterocycles. The van der Waals surface area contributed by atoms with E-state index in [1.165, 1.54) is 24.3 Å². The zero-order chi connectivity index (χ0) is 42.5. The van der Waals surface area contributed by atoms with Crippen LogP contribution < -0.4 is 20.4 Å². The molecule has 0 atom stereocenters. The number of carbonyl (C=O) groups is 2. The molecule has 308 valence electrons. The molecule has 2 heterocycles. The lowest BCUT2D eigenvalue weighted by molar-refractivity contribution is -0.887. The summed E-state index contributed by atoms with van der Waals surface area (Å²) in [6, 6.07) is 21.0. The maximum absolute atomic E-state index is 13.8. The Morgan fingerprint density at radius 2 is 1.02 bits per heavy atom. The van der Waals surface area contributed by atoms with Gasteiger partial charge < -0.3 is 15.1 Å². The fraction of sp³-hybridized carbons (Fsp3) is 0.200. The largest absolute Gasteiger partial charge is 0.416 e. The van der Waals surface area contributed by atoms with E-state index in [-0.39, 0.29) is 39.2 Å². The summed E-state index contributed by atoms with van der Waals surface area (Å²) in [6.45, 7) is 0.778. The van der Waals surface area contributed by atoms with Crippen LogP contribution in [-0.2, 0) is 12.4 Å². The second kappa shape index (κ2) is 18.0. The van der Waals surface area contributed by atoms with Crippen molar-refractivity contribution >= 4 is 79.6 Å². The number of amides is 4. The van der Waals surface area contributed by atoms with Gasteiger partial charge in [-0.15, -0.1) is 22.7 Å². The number of alkyl halides is 6. The van der Waals surface area contributed by atoms with Crippen molar-refractivity contribution in [3.8, 4) is 22.5 Å². The van der Waals surface area contributed by atoms with E-state index in [4.69, 9.17) is 23.2 Å². The highest BCUT2D eigenvalue weighted by Crippen LogP contribution is 2.38. The van der Waals surface area contributed by atoms with Gasteiger partial charge in [-0.25, -0.2) is 29.4 Å². The third-order valence-electron chi connectivity index (χ3n) is 8.86. The molecule has 0 aliphatic rings. The Bertz CT molecular complexity index is 2270. The number of hydrogen-bond acceptors (Lipinski definition) is 6. The standard InChI is InChI=1S/C40H33Cl2F6N7O2S2/c1-55(2,17-15-49-35(56)53(31-13-5-9-27(21-31)39(43,44)45)37-51-33(23-58-37)25-7-3-11-29(41)19-25)18-16-50-36(57)54(32-14-6-10-28(22-32)40(46,47)48)38-52-34(24-59-38)26-8-4-12-30(42)20-26/h3-14,19-24H,15-18H2,1-2H3,(H-,49,50,56,57)/p+1. The Hall–Kier alpha value is -5.20. The van der Waals surface area contributed by atoms with Gasteiger partial charge in [0.15, 0.2) is 10.3 Å². The van der Waals surface area contributed by atoms with E-state index in [0.717, 1.165) is 56.7 Å². The van der Waals surface area contributed by atoms with Crippen molar-refractivity contribution < 1.29 is 40.4 Å². The Labute approximate surface area is 353 Å². The van der Waals surface area contributed by atoms with Gasteiger partial charge in [0.25, 0.3) is 0 Å². The molecule has 0 unspecified atom stereocenters. The molecule has 0 saturated carbocycles. The number of carbonyl (C=O) groups excluding carboxylic acids is 2. The molecule has 2 N–H and O–H groups in total. The molecule has 0 spiro atoms. The zero-order valence-corrected chi connectivity index (χ0v) is 34.3. The molecule has 0 fully saturated rings. The second-order valence-electron chi connectivity index (χ2n) is 13.7. The Balaban J connectivity index is 1.14. The number of nitrogens with zero attached hydrogens (tertiary/aromatic N) is 5. The van der Waals surface area contributed by atoms with Crippen LogP contribution in [0.5, 0.6) is 0 Å². The highest BCUT2D eigenvalue weighted by Gasteiger charge is 2.34. The summed E-state index contributed by atoms with van der Waals surface area (Å²) < 4.78 is 82.5. The summed E-state index contributed by atoms with van der Waals surface area (Å²) in [5.74, 6) is 0. The smallest absolute Gasteiger partial charge is 0.332 e. The van der Waals surface area contributed by atoms with Gasteiger partial charge in [0.05, 0.1) is 74.2 Å². The van der Waals surface area contributed by atoms with Crippen molar-refractivity contribution in [2.24, 2.45) is 0 Å². The van der Waals surface area contributed by atoms with Crippen LogP contribution in [0.1, 0.15) is 11.1 Å². The van der Waals surface area contributed by atoms with Gasteiger partial charge in [-0.05, 0) is 60.7 Å². The quantitative estimate of drug-likeness (QED) is 0.0946. The van der Waals surface area contributed by atoms with Crippen LogP contribution in [0.15, 0.2) is 108 Å². The molecule has 0 aliphatic carbocycles. The van der Waals surface area contributed by atoms with E-state index in [1.54, 1.807) is 59.3 Å². The fourth-order valence-corrected chi connectivity index (χ4v) is 7.85. The average molecular weight is 894 g/mol. The lowest BCUT2D eigenvalue weighted by Crippen LogP contribution is -2.51. The molecule has 19 heteroatoms. The number of rotatable bonds is 12. The van der Waals surface area contributed by atoms with Gasteiger partial charge in [0, 0.05) is 31.9 Å². The molecule has 6 aromatic rings. The molecule has 9 nitrogen and oxygen atoms in total. The first kappa shape index (κ1) is 43.4. The Kier molecular flexibility index (Phi) is 13.2. The molecule has 0 aliphatic heterocycles. The van der Waals surface area contributed by atoms with Crippen LogP contribution in [0.25, 0.3) is 22.5 Å². The minimum atomic E-state index is -4.66. The molecular weight excluding hydrogens is 860 g/mol. The molecular formula is C40H34Cl2F6N7O2S2+. The van der Waals surface area contributed by atoms with Gasteiger partial charge in [-0.2, -0.15) is 26.3 Å². The van der Waals surface area contributed by atoms with Gasteiger partial charge in [0.2, 0.25) is 0 Å². The predicted molar refractivity (Wildman–Crippen MR) is 221 cm³/mol. The zero-order valence-electron chi connectivity index (χ0n) is 31.1. The summed E-state index contributed by atoms with van der Waals surface area (Å²) in [5.41, 5.74) is 0.270. The highest BCUT2D eigenvalue weighted by atomic mass is 35.5. The summed E-state index contributed by atoms with van der Waals surface area (Å²) in [4.78, 5) is 38.8. The number of benzene rings is 4. The topological polar surface area (TPSA) is 90.5 Å². The van der Waals surface area contributed by atoms with Gasteiger partial charge in [0.1, 0.15) is 0 Å². The highest BCUT2D eigenvalue weighted by molar-refractivity contribution is 7.14. The van der Waals surface area contributed by atoms with E-state index in [2.05, 4.69) is 20.6 Å². The normalized spacial score (nSPS) is 12.0. The molecule has 6 rings (SSSR count). The van der Waals surface area contributed by atoms with E-state index in [0.29, 0.717) is 45.6 Å². The monoisotopic (exact) mass is 892 g/mol. The molecule has 0 radical (unpaired) electrons. The number of hydrogen-bond donors (Lipinski definition) is 2. The summed E-state index contributed by atoms with van der Waals surface area (Å²) in [7, 11) is 3.67. The summed E-state index contributed by atoms with van der Waals surface area (Å²) >= 11 is 14.4. The van der Waals surface area contributed by atoms with Crippen molar-refractivity contribution in [2.75, 3.05) is 50.1 Å². The number of halogens is 8. The molecule has 0 saturated heterocycles. The van der Waals surface area contributed by atoms with Crippen molar-refractivity contribution in [1.82, 2.24) is 20.6 Å². The predicted octanol–water partition coefficient (Wildman–Crippen LogP) is 11.7. The lowest BCUT2D eigenvalue weighted by atomic mass is 10.2. The minimum Gasteiger partial charge on any atom is -0.332 e. The Morgan fingerprint density at radius 1 is 0.627 bits per heavy atom. The molecule has 0 bridgehead atoms. The number of quaternary nitrogens is 1. The molecule has 4 amide bonds. The first-order valence-corrected chi connectivity index (χ1v) is 20.1. The number of anilines is 4. The van der Waals surface area contributed by atoms with Crippen LogP contribution in [0.4, 0.5) is 57.6 Å². The first-order valence-electron chi connectivity index (χ1n) is 17.6. The first-order chi connectivity index (χ1) is 27.9. The molecule has 4 aromatic carbocycles. The van der Waals surface area contributed by atoms with E-state index in [1.807, 2.05) is 14.1 Å².